The quantitative estimate of drug-likeness (QED) is 0.194. The van der Waals surface area contributed by atoms with Gasteiger partial charge in [0.05, 0.1) is 0 Å². The topological polar surface area (TPSA) is 51.8 Å². The standard InChI is InChI=1S/C43H25N3OS/c1-2-10-27(11-3-1)41-44-42(29-17-20-34-33-14-6-7-16-37(33)47-38(34)24-29)46-43(45-41)30-18-21-35-36-23-28(19-22-39(36)48-40(35)25-30)32-15-8-12-26-9-4-5-13-31(26)32/h1-25H. The number of hydrogen-bond donors (Lipinski definition) is 0. The maximum atomic E-state index is 6.21. The molecule has 0 unspecified atom stereocenters. The molecule has 0 saturated heterocycles. The van der Waals surface area contributed by atoms with Crippen LogP contribution in [0.4, 0.5) is 0 Å². The summed E-state index contributed by atoms with van der Waals surface area (Å²) in [5.74, 6) is 1.88. The van der Waals surface area contributed by atoms with E-state index < -0.39 is 0 Å². The van der Waals surface area contributed by atoms with E-state index in [1.54, 1.807) is 11.3 Å². The molecule has 4 nitrogen and oxygen atoms in total. The molecule has 0 aliphatic heterocycles. The number of rotatable bonds is 4. The first kappa shape index (κ1) is 27.0. The minimum absolute atomic E-state index is 0.609. The lowest BCUT2D eigenvalue weighted by molar-refractivity contribution is 0.669. The van der Waals surface area contributed by atoms with Gasteiger partial charge in [-0.25, -0.2) is 15.0 Å². The van der Waals surface area contributed by atoms with Crippen LogP contribution in [0.25, 0.3) is 98.2 Å². The van der Waals surface area contributed by atoms with Crippen LogP contribution in [0, 0.1) is 0 Å². The van der Waals surface area contributed by atoms with Gasteiger partial charge in [-0.05, 0) is 58.3 Å². The van der Waals surface area contributed by atoms with Crippen molar-refractivity contribution in [3.63, 3.8) is 0 Å². The van der Waals surface area contributed by atoms with Crippen molar-refractivity contribution in [1.82, 2.24) is 15.0 Å². The Balaban J connectivity index is 1.11. The second kappa shape index (κ2) is 10.7. The molecule has 0 radical (unpaired) electrons. The van der Waals surface area contributed by atoms with Crippen LogP contribution in [-0.4, -0.2) is 15.0 Å². The van der Waals surface area contributed by atoms with E-state index in [2.05, 4.69) is 97.1 Å². The zero-order valence-electron chi connectivity index (χ0n) is 25.6. The van der Waals surface area contributed by atoms with E-state index in [1.807, 2.05) is 54.6 Å². The van der Waals surface area contributed by atoms with Gasteiger partial charge in [0.1, 0.15) is 11.2 Å². The normalized spacial score (nSPS) is 11.8. The van der Waals surface area contributed by atoms with Crippen LogP contribution in [0.2, 0.25) is 0 Å². The smallest absolute Gasteiger partial charge is 0.164 e. The van der Waals surface area contributed by atoms with Crippen LogP contribution in [0.15, 0.2) is 156 Å². The van der Waals surface area contributed by atoms with Crippen LogP contribution in [0.1, 0.15) is 0 Å². The molecule has 0 N–H and O–H groups in total. The number of benzene rings is 7. The minimum Gasteiger partial charge on any atom is -0.456 e. The van der Waals surface area contributed by atoms with Crippen molar-refractivity contribution in [2.24, 2.45) is 0 Å². The summed E-state index contributed by atoms with van der Waals surface area (Å²) in [4.78, 5) is 15.0. The van der Waals surface area contributed by atoms with Gasteiger partial charge in [-0.3, -0.25) is 0 Å². The maximum Gasteiger partial charge on any atom is 0.164 e. The molecule has 224 valence electrons. The molecule has 0 spiro atoms. The Morgan fingerprint density at radius 1 is 0.375 bits per heavy atom. The first-order valence-corrected chi connectivity index (χ1v) is 16.7. The fourth-order valence-corrected chi connectivity index (χ4v) is 7.90. The number of hydrogen-bond acceptors (Lipinski definition) is 5. The van der Waals surface area contributed by atoms with Gasteiger partial charge in [-0.15, -0.1) is 11.3 Å². The molecule has 3 aromatic heterocycles. The summed E-state index contributed by atoms with van der Waals surface area (Å²) in [6.45, 7) is 0. The SMILES string of the molecule is c1ccc(-c2nc(-c3ccc4c(c3)oc3ccccc34)nc(-c3ccc4c(c3)sc3ccc(-c5cccc6ccccc56)cc34)n2)cc1. The average Bonchev–Trinajstić information content (AvgIpc) is 3.72. The average molecular weight is 632 g/mol. The van der Waals surface area contributed by atoms with Crippen LogP contribution in [0.3, 0.4) is 0 Å². The molecule has 0 fully saturated rings. The molecular formula is C43H25N3OS. The lowest BCUT2D eigenvalue weighted by atomic mass is 9.97. The third-order valence-corrected chi connectivity index (χ3v) is 10.3. The van der Waals surface area contributed by atoms with E-state index in [1.165, 1.54) is 42.1 Å². The van der Waals surface area contributed by atoms with Crippen LogP contribution in [0.5, 0.6) is 0 Å². The summed E-state index contributed by atoms with van der Waals surface area (Å²) in [5, 5.41) is 7.17. The van der Waals surface area contributed by atoms with Gasteiger partial charge >= 0.3 is 0 Å². The predicted molar refractivity (Wildman–Crippen MR) is 199 cm³/mol. The number of aromatic nitrogens is 3. The summed E-state index contributed by atoms with van der Waals surface area (Å²) in [7, 11) is 0. The van der Waals surface area contributed by atoms with Crippen molar-refractivity contribution in [3.8, 4) is 45.3 Å². The second-order valence-electron chi connectivity index (χ2n) is 12.0. The van der Waals surface area contributed by atoms with E-state index >= 15 is 0 Å². The Labute approximate surface area is 279 Å². The number of para-hydroxylation sites is 1. The Morgan fingerprint density at radius 3 is 1.88 bits per heavy atom. The summed E-state index contributed by atoms with van der Waals surface area (Å²) in [5.41, 5.74) is 6.92. The van der Waals surface area contributed by atoms with Gasteiger partial charge in [-0.2, -0.15) is 0 Å². The van der Waals surface area contributed by atoms with Gasteiger partial charge in [0.15, 0.2) is 17.5 Å². The maximum absolute atomic E-state index is 6.21. The highest BCUT2D eigenvalue weighted by Gasteiger charge is 2.16. The molecule has 0 saturated carbocycles. The molecule has 0 aliphatic rings. The zero-order chi connectivity index (χ0) is 31.6. The van der Waals surface area contributed by atoms with Crippen molar-refractivity contribution in [2.75, 3.05) is 0 Å². The largest absolute Gasteiger partial charge is 0.456 e. The molecule has 0 aliphatic carbocycles. The molecule has 3 heterocycles. The Bertz CT molecular complexity index is 2850. The molecule has 0 bridgehead atoms. The van der Waals surface area contributed by atoms with Crippen molar-refractivity contribution in [2.45, 2.75) is 0 Å². The number of fused-ring (bicyclic) bond motifs is 7. The molecule has 10 aromatic rings. The van der Waals surface area contributed by atoms with Crippen molar-refractivity contribution >= 4 is 64.2 Å². The lowest BCUT2D eigenvalue weighted by Gasteiger charge is -2.09. The molecule has 48 heavy (non-hydrogen) atoms. The highest BCUT2D eigenvalue weighted by Crippen LogP contribution is 2.40. The van der Waals surface area contributed by atoms with Crippen molar-refractivity contribution in [3.05, 3.63) is 152 Å². The van der Waals surface area contributed by atoms with E-state index in [0.717, 1.165) is 38.6 Å². The summed E-state index contributed by atoms with van der Waals surface area (Å²) < 4.78 is 8.66. The van der Waals surface area contributed by atoms with E-state index in [9.17, 15) is 0 Å². The van der Waals surface area contributed by atoms with Crippen molar-refractivity contribution in [1.29, 1.82) is 0 Å². The highest BCUT2D eigenvalue weighted by atomic mass is 32.1. The minimum atomic E-state index is 0.609. The van der Waals surface area contributed by atoms with E-state index in [4.69, 9.17) is 19.4 Å². The third-order valence-electron chi connectivity index (χ3n) is 9.13. The van der Waals surface area contributed by atoms with Crippen molar-refractivity contribution < 1.29 is 4.42 Å². The van der Waals surface area contributed by atoms with Gasteiger partial charge in [-0.1, -0.05) is 115 Å². The molecule has 10 rings (SSSR count). The van der Waals surface area contributed by atoms with E-state index in [0.29, 0.717) is 17.5 Å². The first-order chi connectivity index (χ1) is 23.7. The lowest BCUT2D eigenvalue weighted by Crippen LogP contribution is -2.00. The van der Waals surface area contributed by atoms with Crippen LogP contribution < -0.4 is 0 Å². The second-order valence-corrected chi connectivity index (χ2v) is 13.1. The predicted octanol–water partition coefficient (Wildman–Crippen LogP) is 12.0. The molecular weight excluding hydrogens is 607 g/mol. The summed E-state index contributed by atoms with van der Waals surface area (Å²) in [6.07, 6.45) is 0. The summed E-state index contributed by atoms with van der Waals surface area (Å²) >= 11 is 1.80. The molecule has 5 heteroatoms. The Hall–Kier alpha value is -6.17. The fourth-order valence-electron chi connectivity index (χ4n) is 6.78. The van der Waals surface area contributed by atoms with Gasteiger partial charge in [0.2, 0.25) is 0 Å². The monoisotopic (exact) mass is 631 g/mol. The first-order valence-electron chi connectivity index (χ1n) is 15.9. The van der Waals surface area contributed by atoms with E-state index in [-0.39, 0.29) is 0 Å². The third kappa shape index (κ3) is 4.40. The summed E-state index contributed by atoms with van der Waals surface area (Å²) in [6, 6.07) is 52.9. The highest BCUT2D eigenvalue weighted by molar-refractivity contribution is 7.25. The number of thiophene rings is 1. The molecule has 7 aromatic carbocycles. The molecule has 0 amide bonds. The van der Waals surface area contributed by atoms with Gasteiger partial charge in [0.25, 0.3) is 0 Å². The van der Waals surface area contributed by atoms with Crippen LogP contribution >= 0.6 is 11.3 Å². The fraction of sp³-hybridized carbons (Fsp3) is 0. The van der Waals surface area contributed by atoms with Crippen LogP contribution in [-0.2, 0) is 0 Å². The Kier molecular flexibility index (Phi) is 6.01. The zero-order valence-corrected chi connectivity index (χ0v) is 26.4. The Morgan fingerprint density at radius 2 is 1.02 bits per heavy atom. The number of nitrogens with zero attached hydrogens (tertiary/aromatic N) is 3. The molecule has 0 atom stereocenters. The van der Waals surface area contributed by atoms with Gasteiger partial charge < -0.3 is 4.42 Å². The number of furan rings is 1. The van der Waals surface area contributed by atoms with Gasteiger partial charge in [0, 0.05) is 47.6 Å².